The van der Waals surface area contributed by atoms with Gasteiger partial charge in [-0.15, -0.1) is 11.8 Å². The summed E-state index contributed by atoms with van der Waals surface area (Å²) in [6.07, 6.45) is 0. The van der Waals surface area contributed by atoms with E-state index in [2.05, 4.69) is 54.4 Å². The third kappa shape index (κ3) is 3.00. The van der Waals surface area contributed by atoms with Crippen LogP contribution >= 0.6 is 11.8 Å². The minimum Gasteiger partial charge on any atom is -0.314 e. The quantitative estimate of drug-likeness (QED) is 0.811. The van der Waals surface area contributed by atoms with Crippen molar-refractivity contribution in [2.24, 2.45) is 0 Å². The first-order valence-electron chi connectivity index (χ1n) is 5.88. The van der Waals surface area contributed by atoms with Gasteiger partial charge in [-0.1, -0.05) is 18.2 Å². The first-order chi connectivity index (χ1) is 7.68. The molecule has 0 unspecified atom stereocenters. The molecule has 0 aliphatic carbocycles. The van der Waals surface area contributed by atoms with Crippen molar-refractivity contribution >= 4 is 11.8 Å². The van der Waals surface area contributed by atoms with Crippen molar-refractivity contribution in [2.45, 2.75) is 23.6 Å². The van der Waals surface area contributed by atoms with Crippen LogP contribution in [0.15, 0.2) is 35.2 Å². The summed E-state index contributed by atoms with van der Waals surface area (Å²) in [5, 5.41) is 3.40. The lowest BCUT2D eigenvalue weighted by atomic mass is 10.2. The van der Waals surface area contributed by atoms with Gasteiger partial charge < -0.3 is 5.32 Å². The molecule has 0 radical (unpaired) electrons. The molecule has 0 amide bonds. The molecule has 1 fully saturated rings. The summed E-state index contributed by atoms with van der Waals surface area (Å²) in [5.74, 6) is 0. The molecule has 0 aromatic heterocycles. The van der Waals surface area contributed by atoms with E-state index < -0.39 is 0 Å². The monoisotopic (exact) mass is 236 g/mol. The molecular weight excluding hydrogens is 216 g/mol. The zero-order valence-corrected chi connectivity index (χ0v) is 10.9. The lowest BCUT2D eigenvalue weighted by molar-refractivity contribution is 0.172. The Morgan fingerprint density at radius 3 is 2.38 bits per heavy atom. The highest BCUT2D eigenvalue weighted by Crippen LogP contribution is 2.35. The van der Waals surface area contributed by atoms with E-state index in [1.54, 1.807) is 0 Å². The zero-order valence-electron chi connectivity index (χ0n) is 10.1. The number of nitrogens with one attached hydrogen (secondary N) is 1. The maximum Gasteiger partial charge on any atom is 0.0660 e. The van der Waals surface area contributed by atoms with Gasteiger partial charge in [0.1, 0.15) is 0 Å². The Morgan fingerprint density at radius 1 is 1.12 bits per heavy atom. The molecule has 1 saturated heterocycles. The Kier molecular flexibility index (Phi) is 3.90. The van der Waals surface area contributed by atoms with Gasteiger partial charge in [-0.25, -0.2) is 0 Å². The number of thioether (sulfide) groups is 1. The summed E-state index contributed by atoms with van der Waals surface area (Å²) < 4.78 is 0. The van der Waals surface area contributed by atoms with Crippen LogP contribution in [-0.2, 0) is 0 Å². The molecule has 0 bridgehead atoms. The maximum atomic E-state index is 3.40. The Morgan fingerprint density at radius 2 is 1.75 bits per heavy atom. The molecule has 16 heavy (non-hydrogen) atoms. The number of rotatable bonds is 3. The van der Waals surface area contributed by atoms with Gasteiger partial charge in [-0.2, -0.15) is 0 Å². The number of benzene rings is 1. The zero-order chi connectivity index (χ0) is 11.4. The minimum atomic E-state index is 0.184. The first kappa shape index (κ1) is 12.0. The number of hydrogen-bond acceptors (Lipinski definition) is 3. The Balaban J connectivity index is 2.01. The smallest absolute Gasteiger partial charge is 0.0660 e. The molecular formula is C13H20N2S. The van der Waals surface area contributed by atoms with Crippen LogP contribution in [0.4, 0.5) is 0 Å². The summed E-state index contributed by atoms with van der Waals surface area (Å²) in [4.78, 5) is 4.09. The molecule has 2 rings (SSSR count). The second-order valence-corrected chi connectivity index (χ2v) is 6.27. The first-order valence-corrected chi connectivity index (χ1v) is 6.70. The van der Waals surface area contributed by atoms with Crippen LogP contribution in [0.2, 0.25) is 0 Å². The lowest BCUT2D eigenvalue weighted by Gasteiger charge is -2.40. The topological polar surface area (TPSA) is 15.3 Å². The average molecular weight is 236 g/mol. The minimum absolute atomic E-state index is 0.184. The van der Waals surface area contributed by atoms with Crippen LogP contribution in [0.5, 0.6) is 0 Å². The van der Waals surface area contributed by atoms with Crippen molar-refractivity contribution in [2.75, 3.05) is 26.2 Å². The molecule has 1 aliphatic rings. The predicted octanol–water partition coefficient (Wildman–Crippen LogP) is 2.42. The molecule has 1 aromatic rings. The van der Waals surface area contributed by atoms with Crippen molar-refractivity contribution in [3.8, 4) is 0 Å². The van der Waals surface area contributed by atoms with E-state index in [0.717, 1.165) is 26.2 Å². The molecule has 3 heteroatoms. The number of hydrogen-bond donors (Lipinski definition) is 1. The lowest BCUT2D eigenvalue weighted by Crippen LogP contribution is -2.51. The van der Waals surface area contributed by atoms with E-state index in [1.807, 2.05) is 11.8 Å². The van der Waals surface area contributed by atoms with E-state index in [-0.39, 0.29) is 4.87 Å². The van der Waals surface area contributed by atoms with E-state index >= 15 is 0 Å². The normalized spacial score (nSPS) is 18.6. The molecule has 1 aliphatic heterocycles. The fraction of sp³-hybridized carbons (Fsp3) is 0.538. The summed E-state index contributed by atoms with van der Waals surface area (Å²) in [6.45, 7) is 9.14. The van der Waals surface area contributed by atoms with E-state index in [4.69, 9.17) is 0 Å². The SMILES string of the molecule is CC(C)(Sc1ccccc1)N1CCNCC1. The summed E-state index contributed by atoms with van der Waals surface area (Å²) in [6, 6.07) is 10.7. The summed E-state index contributed by atoms with van der Waals surface area (Å²) >= 11 is 1.95. The van der Waals surface area contributed by atoms with Crippen LogP contribution in [-0.4, -0.2) is 35.9 Å². The highest BCUT2D eigenvalue weighted by atomic mass is 32.2. The van der Waals surface area contributed by atoms with Crippen LogP contribution < -0.4 is 5.32 Å². The van der Waals surface area contributed by atoms with Crippen LogP contribution in [0, 0.1) is 0 Å². The Bertz CT molecular complexity index is 318. The molecule has 0 spiro atoms. The predicted molar refractivity (Wildman–Crippen MR) is 70.8 cm³/mol. The molecule has 1 aromatic carbocycles. The van der Waals surface area contributed by atoms with Crippen molar-refractivity contribution in [3.63, 3.8) is 0 Å². The second kappa shape index (κ2) is 5.21. The standard InChI is InChI=1S/C13H20N2S/c1-13(2,15-10-8-14-9-11-15)16-12-6-4-3-5-7-12/h3-7,14H,8-11H2,1-2H3. The largest absolute Gasteiger partial charge is 0.314 e. The molecule has 2 nitrogen and oxygen atoms in total. The van der Waals surface area contributed by atoms with Gasteiger partial charge in [0.2, 0.25) is 0 Å². The van der Waals surface area contributed by atoms with Crippen molar-refractivity contribution in [1.29, 1.82) is 0 Å². The molecule has 88 valence electrons. The van der Waals surface area contributed by atoms with Crippen LogP contribution in [0.25, 0.3) is 0 Å². The number of piperazine rings is 1. The Labute approximate surface area is 102 Å². The van der Waals surface area contributed by atoms with E-state index in [9.17, 15) is 0 Å². The van der Waals surface area contributed by atoms with Crippen molar-refractivity contribution in [1.82, 2.24) is 10.2 Å². The summed E-state index contributed by atoms with van der Waals surface area (Å²) in [5.41, 5.74) is 0. The van der Waals surface area contributed by atoms with Gasteiger partial charge in [0.25, 0.3) is 0 Å². The van der Waals surface area contributed by atoms with Crippen molar-refractivity contribution < 1.29 is 0 Å². The average Bonchev–Trinajstić information content (AvgIpc) is 2.31. The highest BCUT2D eigenvalue weighted by Gasteiger charge is 2.28. The van der Waals surface area contributed by atoms with Gasteiger partial charge >= 0.3 is 0 Å². The highest BCUT2D eigenvalue weighted by molar-refractivity contribution is 8.00. The van der Waals surface area contributed by atoms with Gasteiger partial charge in [0.15, 0.2) is 0 Å². The second-order valence-electron chi connectivity index (χ2n) is 4.60. The third-order valence-electron chi connectivity index (χ3n) is 2.99. The van der Waals surface area contributed by atoms with E-state index in [0.29, 0.717) is 0 Å². The summed E-state index contributed by atoms with van der Waals surface area (Å²) in [7, 11) is 0. The molecule has 1 heterocycles. The molecule has 0 atom stereocenters. The molecule has 0 saturated carbocycles. The van der Waals surface area contributed by atoms with Gasteiger partial charge in [-0.05, 0) is 26.0 Å². The van der Waals surface area contributed by atoms with Gasteiger partial charge in [0.05, 0.1) is 4.87 Å². The van der Waals surface area contributed by atoms with Crippen LogP contribution in [0.1, 0.15) is 13.8 Å². The maximum absolute atomic E-state index is 3.40. The van der Waals surface area contributed by atoms with E-state index in [1.165, 1.54) is 4.90 Å². The van der Waals surface area contributed by atoms with Gasteiger partial charge in [0, 0.05) is 31.1 Å². The van der Waals surface area contributed by atoms with Crippen molar-refractivity contribution in [3.05, 3.63) is 30.3 Å². The Hall–Kier alpha value is -0.510. The fourth-order valence-corrected chi connectivity index (χ4v) is 3.23. The van der Waals surface area contributed by atoms with Gasteiger partial charge in [-0.3, -0.25) is 4.90 Å². The fourth-order valence-electron chi connectivity index (χ4n) is 2.04. The third-order valence-corrected chi connectivity index (χ3v) is 4.25. The number of nitrogens with zero attached hydrogens (tertiary/aromatic N) is 1. The van der Waals surface area contributed by atoms with Crippen LogP contribution in [0.3, 0.4) is 0 Å². The molecule has 1 N–H and O–H groups in total.